The highest BCUT2D eigenvalue weighted by Gasteiger charge is 2.33. The molecule has 0 radical (unpaired) electrons. The molecule has 1 heterocycles. The Balaban J connectivity index is 1.58. The number of ether oxygens (including phenoxy) is 1. The van der Waals surface area contributed by atoms with E-state index in [0.29, 0.717) is 10.9 Å². The maximum absolute atomic E-state index is 12.9. The molecule has 1 aromatic rings. The minimum atomic E-state index is -0.609. The zero-order valence-corrected chi connectivity index (χ0v) is 21.8. The Kier molecular flexibility index (Phi) is 9.14. The van der Waals surface area contributed by atoms with E-state index in [1.165, 1.54) is 12.8 Å². The van der Waals surface area contributed by atoms with Crippen LogP contribution in [0.1, 0.15) is 63.1 Å². The lowest BCUT2D eigenvalue weighted by Gasteiger charge is -2.41. The zero-order valence-electron chi connectivity index (χ0n) is 21.0. The molecule has 2 fully saturated rings. The van der Waals surface area contributed by atoms with Crippen LogP contribution in [0.4, 0.5) is 0 Å². The first-order valence-electron chi connectivity index (χ1n) is 12.4. The summed E-state index contributed by atoms with van der Waals surface area (Å²) in [5.74, 6) is 0.529. The third kappa shape index (κ3) is 7.04. The smallest absolute Gasteiger partial charge is 0.226 e. The van der Waals surface area contributed by atoms with Gasteiger partial charge in [0.15, 0.2) is 5.78 Å². The molecular weight excluding hydrogens is 450 g/mol. The van der Waals surface area contributed by atoms with E-state index in [2.05, 4.69) is 22.8 Å². The van der Waals surface area contributed by atoms with Crippen LogP contribution in [0.2, 0.25) is 5.02 Å². The predicted molar refractivity (Wildman–Crippen MR) is 134 cm³/mol. The van der Waals surface area contributed by atoms with E-state index in [4.69, 9.17) is 21.6 Å². The van der Waals surface area contributed by atoms with Gasteiger partial charge in [0, 0.05) is 49.6 Å². The van der Waals surface area contributed by atoms with Crippen molar-refractivity contribution in [1.29, 1.82) is 5.26 Å². The molecule has 0 unspecified atom stereocenters. The van der Waals surface area contributed by atoms with E-state index in [1.807, 2.05) is 19.1 Å². The van der Waals surface area contributed by atoms with Crippen LogP contribution >= 0.6 is 11.6 Å². The van der Waals surface area contributed by atoms with Crippen LogP contribution in [0.3, 0.4) is 0 Å². The first-order valence-corrected chi connectivity index (χ1v) is 12.8. The van der Waals surface area contributed by atoms with Gasteiger partial charge in [-0.15, -0.1) is 0 Å². The van der Waals surface area contributed by atoms with Crippen LogP contribution in [0.15, 0.2) is 12.1 Å². The number of carbonyl (C=O) groups is 2. The molecule has 0 bridgehead atoms. The van der Waals surface area contributed by atoms with Gasteiger partial charge in [0.05, 0.1) is 18.1 Å². The summed E-state index contributed by atoms with van der Waals surface area (Å²) in [6, 6.07) is 6.21. The number of Topliss-reactive ketones (excluding diaryl/α,β-unsaturated/α-hetero) is 1. The van der Waals surface area contributed by atoms with E-state index >= 15 is 0 Å². The van der Waals surface area contributed by atoms with Gasteiger partial charge in [-0.1, -0.05) is 24.4 Å². The molecule has 1 saturated heterocycles. The fourth-order valence-electron chi connectivity index (χ4n) is 5.01. The number of nitriles is 1. The molecular formula is C27H38ClN3O3. The first kappa shape index (κ1) is 26.7. The predicted octanol–water partition coefficient (Wildman–Crippen LogP) is 4.55. The molecule has 34 heavy (non-hydrogen) atoms. The quantitative estimate of drug-likeness (QED) is 0.511. The molecule has 1 saturated carbocycles. The summed E-state index contributed by atoms with van der Waals surface area (Å²) in [7, 11) is 0. The number of carbonyl (C=O) groups excluding carboxylic acids is 2. The van der Waals surface area contributed by atoms with Gasteiger partial charge in [-0.05, 0) is 69.4 Å². The third-order valence-electron chi connectivity index (χ3n) is 7.10. The zero-order chi connectivity index (χ0) is 24.9. The Morgan fingerprint density at radius 3 is 2.53 bits per heavy atom. The van der Waals surface area contributed by atoms with E-state index in [0.717, 1.165) is 55.7 Å². The van der Waals surface area contributed by atoms with Crippen LogP contribution in [-0.4, -0.2) is 60.4 Å². The Hall–Kier alpha value is -1.94. The minimum Gasteiger partial charge on any atom is -0.372 e. The second kappa shape index (κ2) is 11.7. The Bertz CT molecular complexity index is 934. The summed E-state index contributed by atoms with van der Waals surface area (Å²) >= 11 is 6.42. The first-order chi connectivity index (χ1) is 16.1. The normalized spacial score (nSPS) is 19.9. The second-order valence-corrected chi connectivity index (χ2v) is 11.1. The van der Waals surface area contributed by atoms with Crippen molar-refractivity contribution in [3.63, 3.8) is 0 Å². The second-order valence-electron chi connectivity index (χ2n) is 10.7. The van der Waals surface area contributed by atoms with Gasteiger partial charge >= 0.3 is 0 Å². The topological polar surface area (TPSA) is 73.6 Å². The number of hydrogen-bond acceptors (Lipinski definition) is 5. The number of amides is 1. The van der Waals surface area contributed by atoms with E-state index in [9.17, 15) is 9.59 Å². The Labute approximate surface area is 209 Å². The lowest BCUT2D eigenvalue weighted by atomic mass is 9.97. The van der Waals surface area contributed by atoms with Gasteiger partial charge in [-0.3, -0.25) is 14.5 Å². The van der Waals surface area contributed by atoms with Crippen LogP contribution in [0.25, 0.3) is 0 Å². The van der Waals surface area contributed by atoms with Gasteiger partial charge in [0.1, 0.15) is 6.61 Å². The summed E-state index contributed by atoms with van der Waals surface area (Å²) in [5, 5.41) is 9.70. The average molecular weight is 488 g/mol. The number of nitrogens with zero attached hydrogens (tertiary/aromatic N) is 3. The monoisotopic (exact) mass is 487 g/mol. The number of rotatable bonds is 9. The molecule has 3 rings (SSSR count). The molecule has 6 nitrogen and oxygen atoms in total. The highest BCUT2D eigenvalue weighted by Crippen LogP contribution is 2.29. The molecule has 0 spiro atoms. The van der Waals surface area contributed by atoms with Crippen molar-refractivity contribution in [2.45, 2.75) is 72.4 Å². The molecule has 1 amide bonds. The van der Waals surface area contributed by atoms with Crippen molar-refractivity contribution in [3.8, 4) is 6.07 Å². The molecule has 1 aliphatic carbocycles. The summed E-state index contributed by atoms with van der Waals surface area (Å²) in [4.78, 5) is 29.9. The number of benzene rings is 1. The largest absolute Gasteiger partial charge is 0.372 e. The number of halogens is 1. The van der Waals surface area contributed by atoms with Gasteiger partial charge in [-0.25, -0.2) is 0 Å². The summed E-state index contributed by atoms with van der Waals surface area (Å²) in [6.45, 7) is 11.1. The fraction of sp³-hybridized carbons (Fsp3) is 0.667. The van der Waals surface area contributed by atoms with Crippen LogP contribution in [0.5, 0.6) is 0 Å². The van der Waals surface area contributed by atoms with Crippen molar-refractivity contribution >= 4 is 23.3 Å². The molecule has 0 aromatic heterocycles. The number of ketones is 1. The highest BCUT2D eigenvalue weighted by atomic mass is 35.5. The average Bonchev–Trinajstić information content (AvgIpc) is 3.31. The molecule has 0 N–H and O–H groups in total. The van der Waals surface area contributed by atoms with Gasteiger partial charge in [0.2, 0.25) is 5.91 Å². The summed E-state index contributed by atoms with van der Waals surface area (Å²) in [5.41, 5.74) is 2.50. The maximum Gasteiger partial charge on any atom is 0.226 e. The highest BCUT2D eigenvalue weighted by molar-refractivity contribution is 6.30. The summed E-state index contributed by atoms with van der Waals surface area (Å²) in [6.07, 6.45) is 4.68. The van der Waals surface area contributed by atoms with Gasteiger partial charge in [-0.2, -0.15) is 5.26 Å². The van der Waals surface area contributed by atoms with Gasteiger partial charge in [0.25, 0.3) is 0 Å². The lowest BCUT2D eigenvalue weighted by Crippen LogP contribution is -2.54. The van der Waals surface area contributed by atoms with Crippen LogP contribution in [-0.2, 0) is 27.3 Å². The van der Waals surface area contributed by atoms with Gasteiger partial charge < -0.3 is 9.64 Å². The Morgan fingerprint density at radius 2 is 1.88 bits per heavy atom. The molecule has 1 aromatic carbocycles. The van der Waals surface area contributed by atoms with Crippen LogP contribution < -0.4 is 0 Å². The molecule has 186 valence electrons. The van der Waals surface area contributed by atoms with Crippen LogP contribution in [0, 0.1) is 29.6 Å². The SMILES string of the molecule is Cc1c(CC(=O)COCC(C)(C)C#N)cc(Cl)cc1CN1CCN(C(=O)C2CCCC2)[C@@H](C)C1. The maximum atomic E-state index is 12.9. The summed E-state index contributed by atoms with van der Waals surface area (Å²) < 4.78 is 5.48. The van der Waals surface area contributed by atoms with E-state index in [1.54, 1.807) is 13.8 Å². The lowest BCUT2D eigenvalue weighted by molar-refractivity contribution is -0.140. The Morgan fingerprint density at radius 1 is 1.21 bits per heavy atom. The van der Waals surface area contributed by atoms with Crippen molar-refractivity contribution < 1.29 is 14.3 Å². The van der Waals surface area contributed by atoms with Crippen molar-refractivity contribution in [1.82, 2.24) is 9.80 Å². The standard InChI is InChI=1S/C27H38ClN3O3/c1-19-14-30(9-10-31(19)26(33)21-7-5-6-8-21)15-23-12-24(28)11-22(20(23)2)13-25(32)16-34-18-27(3,4)17-29/h11-12,19,21H,5-10,13-16,18H2,1-4H3/t19-/m0/s1. The van der Waals surface area contributed by atoms with E-state index in [-0.39, 0.29) is 37.4 Å². The molecule has 1 aliphatic heterocycles. The minimum absolute atomic E-state index is 0.0130. The molecule has 2 aliphatic rings. The number of hydrogen-bond donors (Lipinski definition) is 0. The molecule has 1 atom stereocenters. The fourth-order valence-corrected chi connectivity index (χ4v) is 5.28. The van der Waals surface area contributed by atoms with Crippen molar-refractivity contribution in [3.05, 3.63) is 33.8 Å². The van der Waals surface area contributed by atoms with E-state index < -0.39 is 5.41 Å². The van der Waals surface area contributed by atoms with Crippen molar-refractivity contribution in [2.24, 2.45) is 11.3 Å². The molecule has 7 heteroatoms. The van der Waals surface area contributed by atoms with Crippen molar-refractivity contribution in [2.75, 3.05) is 32.8 Å². The third-order valence-corrected chi connectivity index (χ3v) is 7.32. The number of piperazine rings is 1.